The maximum atomic E-state index is 13.5. The topological polar surface area (TPSA) is 62.3 Å². The Hall–Kier alpha value is -3.47. The number of rotatable bonds is 7. The molecule has 0 radical (unpaired) electrons. The third kappa shape index (κ3) is 5.08. The van der Waals surface area contributed by atoms with Crippen LogP contribution in [0.2, 0.25) is 0 Å². The van der Waals surface area contributed by atoms with Gasteiger partial charge in [-0.05, 0) is 43.2 Å². The number of benzene rings is 2. The van der Waals surface area contributed by atoms with Gasteiger partial charge >= 0.3 is 0 Å². The van der Waals surface area contributed by atoms with Crippen LogP contribution in [0.25, 0.3) is 0 Å². The Kier molecular flexibility index (Phi) is 6.39. The second-order valence-corrected chi connectivity index (χ2v) is 7.38. The fourth-order valence-corrected chi connectivity index (χ4v) is 2.99. The van der Waals surface area contributed by atoms with Gasteiger partial charge in [-0.3, -0.25) is 14.6 Å². The molecule has 1 heterocycles. The largest absolute Gasteiger partial charge is 0.351 e. The SMILES string of the molecule is CC(C)(C(=O)NCc1cccnc1)C(=O)N(Cc1ccccc1)c1ccccc1. The van der Waals surface area contributed by atoms with Crippen LogP contribution in [0.1, 0.15) is 25.0 Å². The molecule has 29 heavy (non-hydrogen) atoms. The summed E-state index contributed by atoms with van der Waals surface area (Å²) < 4.78 is 0. The lowest BCUT2D eigenvalue weighted by Gasteiger charge is -2.31. The first-order valence-corrected chi connectivity index (χ1v) is 9.56. The zero-order chi connectivity index (χ0) is 20.7. The molecular weight excluding hydrogens is 362 g/mol. The van der Waals surface area contributed by atoms with Crippen LogP contribution >= 0.6 is 0 Å². The van der Waals surface area contributed by atoms with Crippen LogP contribution in [0.15, 0.2) is 85.2 Å². The Bertz CT molecular complexity index is 942. The Morgan fingerprint density at radius 3 is 2.14 bits per heavy atom. The summed E-state index contributed by atoms with van der Waals surface area (Å²) in [7, 11) is 0. The van der Waals surface area contributed by atoms with Crippen LogP contribution in [-0.4, -0.2) is 16.8 Å². The highest BCUT2D eigenvalue weighted by Crippen LogP contribution is 2.26. The van der Waals surface area contributed by atoms with Crippen molar-refractivity contribution in [1.82, 2.24) is 10.3 Å². The molecule has 0 spiro atoms. The summed E-state index contributed by atoms with van der Waals surface area (Å²) in [5.74, 6) is -0.573. The van der Waals surface area contributed by atoms with Gasteiger partial charge in [0.05, 0.1) is 6.54 Å². The highest BCUT2D eigenvalue weighted by molar-refractivity contribution is 6.10. The van der Waals surface area contributed by atoms with Crippen LogP contribution in [-0.2, 0) is 22.7 Å². The van der Waals surface area contributed by atoms with Crippen molar-refractivity contribution in [2.75, 3.05) is 4.90 Å². The number of nitrogens with one attached hydrogen (secondary N) is 1. The van der Waals surface area contributed by atoms with Gasteiger partial charge in [0.2, 0.25) is 11.8 Å². The van der Waals surface area contributed by atoms with Gasteiger partial charge in [0, 0.05) is 24.6 Å². The smallest absolute Gasteiger partial charge is 0.242 e. The van der Waals surface area contributed by atoms with Crippen molar-refractivity contribution in [2.45, 2.75) is 26.9 Å². The average molecular weight is 387 g/mol. The number of aromatic nitrogens is 1. The molecule has 0 bridgehead atoms. The number of para-hydroxylation sites is 1. The van der Waals surface area contributed by atoms with E-state index in [1.807, 2.05) is 72.8 Å². The van der Waals surface area contributed by atoms with Gasteiger partial charge in [-0.25, -0.2) is 0 Å². The lowest BCUT2D eigenvalue weighted by atomic mass is 9.89. The molecule has 0 aliphatic carbocycles. The molecule has 2 amide bonds. The molecule has 1 N–H and O–H groups in total. The van der Waals surface area contributed by atoms with Gasteiger partial charge in [-0.1, -0.05) is 54.6 Å². The van der Waals surface area contributed by atoms with Gasteiger partial charge in [0.1, 0.15) is 5.41 Å². The van der Waals surface area contributed by atoms with E-state index in [1.165, 1.54) is 0 Å². The van der Waals surface area contributed by atoms with E-state index in [0.29, 0.717) is 13.1 Å². The highest BCUT2D eigenvalue weighted by Gasteiger charge is 2.39. The minimum atomic E-state index is -1.23. The van der Waals surface area contributed by atoms with Crippen molar-refractivity contribution in [3.05, 3.63) is 96.3 Å². The molecule has 1 aromatic heterocycles. The maximum absolute atomic E-state index is 13.5. The molecule has 0 aliphatic rings. The number of carbonyl (C=O) groups is 2. The Balaban J connectivity index is 1.80. The average Bonchev–Trinajstić information content (AvgIpc) is 2.77. The lowest BCUT2D eigenvalue weighted by Crippen LogP contribution is -2.49. The number of anilines is 1. The molecule has 5 heteroatoms. The molecule has 0 atom stereocenters. The van der Waals surface area contributed by atoms with Crippen LogP contribution in [0.4, 0.5) is 5.69 Å². The summed E-state index contributed by atoms with van der Waals surface area (Å²) in [5.41, 5.74) is 1.41. The van der Waals surface area contributed by atoms with Crippen LogP contribution in [0.3, 0.4) is 0 Å². The van der Waals surface area contributed by atoms with Crippen LogP contribution < -0.4 is 10.2 Å². The van der Waals surface area contributed by atoms with Crippen molar-refractivity contribution >= 4 is 17.5 Å². The Labute approximate surface area is 171 Å². The molecule has 0 aliphatic heterocycles. The Morgan fingerprint density at radius 2 is 1.52 bits per heavy atom. The number of pyridine rings is 1. The van der Waals surface area contributed by atoms with Gasteiger partial charge in [0.25, 0.3) is 0 Å². The zero-order valence-corrected chi connectivity index (χ0v) is 16.7. The van der Waals surface area contributed by atoms with E-state index >= 15 is 0 Å². The van der Waals surface area contributed by atoms with E-state index in [9.17, 15) is 9.59 Å². The minimum absolute atomic E-state index is 0.253. The van der Waals surface area contributed by atoms with Crippen molar-refractivity contribution in [1.29, 1.82) is 0 Å². The maximum Gasteiger partial charge on any atom is 0.242 e. The molecule has 3 rings (SSSR count). The Morgan fingerprint density at radius 1 is 0.897 bits per heavy atom. The number of amides is 2. The molecule has 0 saturated heterocycles. The van der Waals surface area contributed by atoms with Gasteiger partial charge in [-0.15, -0.1) is 0 Å². The highest BCUT2D eigenvalue weighted by atomic mass is 16.2. The molecule has 3 aromatic rings. The van der Waals surface area contributed by atoms with E-state index in [1.54, 1.807) is 31.1 Å². The monoisotopic (exact) mass is 387 g/mol. The van der Waals surface area contributed by atoms with Crippen molar-refractivity contribution in [3.63, 3.8) is 0 Å². The molecular formula is C24H25N3O2. The predicted octanol–water partition coefficient (Wildman–Crippen LogP) is 3.96. The predicted molar refractivity (Wildman–Crippen MR) is 114 cm³/mol. The fraction of sp³-hybridized carbons (Fsp3) is 0.208. The van der Waals surface area contributed by atoms with E-state index in [-0.39, 0.29) is 11.8 Å². The van der Waals surface area contributed by atoms with Crippen molar-refractivity contribution in [2.24, 2.45) is 5.41 Å². The summed E-state index contributed by atoms with van der Waals surface area (Å²) in [5, 5.41) is 2.86. The first kappa shape index (κ1) is 20.3. The van der Waals surface area contributed by atoms with Crippen LogP contribution in [0.5, 0.6) is 0 Å². The van der Waals surface area contributed by atoms with Gasteiger partial charge < -0.3 is 10.2 Å². The quantitative estimate of drug-likeness (QED) is 0.624. The number of hydrogen-bond donors (Lipinski definition) is 1. The lowest BCUT2D eigenvalue weighted by molar-refractivity contribution is -0.140. The molecule has 0 unspecified atom stereocenters. The van der Waals surface area contributed by atoms with Gasteiger partial charge in [-0.2, -0.15) is 0 Å². The normalized spacial score (nSPS) is 11.0. The molecule has 148 valence electrons. The van der Waals surface area contributed by atoms with Crippen LogP contribution in [0, 0.1) is 5.41 Å². The molecule has 0 saturated carbocycles. The zero-order valence-electron chi connectivity index (χ0n) is 16.7. The summed E-state index contributed by atoms with van der Waals surface area (Å²) in [6.45, 7) is 4.04. The third-order valence-electron chi connectivity index (χ3n) is 4.77. The summed E-state index contributed by atoms with van der Waals surface area (Å²) >= 11 is 0. The second-order valence-electron chi connectivity index (χ2n) is 7.38. The van der Waals surface area contributed by atoms with E-state index < -0.39 is 5.41 Å². The second kappa shape index (κ2) is 9.15. The molecule has 2 aromatic carbocycles. The number of carbonyl (C=O) groups excluding carboxylic acids is 2. The van der Waals surface area contributed by atoms with Crippen molar-refractivity contribution in [3.8, 4) is 0 Å². The van der Waals surface area contributed by atoms with E-state index in [2.05, 4.69) is 10.3 Å². The number of nitrogens with zero attached hydrogens (tertiary/aromatic N) is 2. The summed E-state index contributed by atoms with van der Waals surface area (Å²) in [4.78, 5) is 32.1. The molecule has 5 nitrogen and oxygen atoms in total. The standard InChI is InChI=1S/C24H25N3O2/c1-24(2,22(28)26-17-20-12-9-15-25-16-20)23(29)27(21-13-7-4-8-14-21)18-19-10-5-3-6-11-19/h3-16H,17-18H2,1-2H3,(H,26,28). The fourth-order valence-electron chi connectivity index (χ4n) is 2.99. The third-order valence-corrected chi connectivity index (χ3v) is 4.77. The van der Waals surface area contributed by atoms with Gasteiger partial charge in [0.15, 0.2) is 0 Å². The minimum Gasteiger partial charge on any atom is -0.351 e. The van der Waals surface area contributed by atoms with E-state index in [0.717, 1.165) is 16.8 Å². The summed E-state index contributed by atoms with van der Waals surface area (Å²) in [6.07, 6.45) is 3.38. The first-order chi connectivity index (χ1) is 14.0. The van der Waals surface area contributed by atoms with E-state index in [4.69, 9.17) is 0 Å². The summed E-state index contributed by atoms with van der Waals surface area (Å²) in [6, 6.07) is 22.9. The number of hydrogen-bond acceptors (Lipinski definition) is 3. The first-order valence-electron chi connectivity index (χ1n) is 9.56. The molecule has 0 fully saturated rings. The van der Waals surface area contributed by atoms with Crippen molar-refractivity contribution < 1.29 is 9.59 Å².